The minimum Gasteiger partial charge on any atom is -0.367 e. The molecule has 1 saturated heterocycles. The van der Waals surface area contributed by atoms with Crippen molar-refractivity contribution in [1.29, 1.82) is 0 Å². The topological polar surface area (TPSA) is 37.4 Å². The van der Waals surface area contributed by atoms with E-state index in [2.05, 4.69) is 0 Å². The number of Topliss-reactive ketones (excluding diaryl/α,β-unsaturated/α-hetero) is 1. The second kappa shape index (κ2) is 4.53. The Balaban J connectivity index is 2.05. The highest BCUT2D eigenvalue weighted by Gasteiger charge is 2.19. The number of carbonyl (C=O) groups is 1. The van der Waals surface area contributed by atoms with Gasteiger partial charge in [0.1, 0.15) is 5.78 Å². The predicted molar refractivity (Wildman–Crippen MR) is 74.5 cm³/mol. The molecule has 0 N–H and O–H groups in total. The van der Waals surface area contributed by atoms with E-state index in [0.717, 1.165) is 15.8 Å². The molecule has 0 amide bonds. The summed E-state index contributed by atoms with van der Waals surface area (Å²) < 4.78 is 1.01. The second-order valence-electron chi connectivity index (χ2n) is 4.47. The number of piperidine rings is 1. The number of fused-ring (bicyclic) bond motifs is 1. The Kier molecular flexibility index (Phi) is 2.88. The molecule has 2 aromatic rings. The molecule has 0 bridgehead atoms. The van der Waals surface area contributed by atoms with Crippen molar-refractivity contribution in [1.82, 2.24) is 0 Å². The van der Waals surface area contributed by atoms with E-state index in [4.69, 9.17) is 0 Å². The van der Waals surface area contributed by atoms with Crippen molar-refractivity contribution in [2.75, 3.05) is 18.0 Å². The van der Waals surface area contributed by atoms with Gasteiger partial charge in [0.05, 0.1) is 5.69 Å². The van der Waals surface area contributed by atoms with E-state index in [9.17, 15) is 9.59 Å². The van der Waals surface area contributed by atoms with E-state index in [1.54, 1.807) is 11.3 Å². The first-order valence-electron chi connectivity index (χ1n) is 6.03. The summed E-state index contributed by atoms with van der Waals surface area (Å²) in [4.78, 5) is 25.7. The lowest BCUT2D eigenvalue weighted by atomic mass is 10.1. The molecule has 0 saturated carbocycles. The van der Waals surface area contributed by atoms with Gasteiger partial charge in [0, 0.05) is 41.4 Å². The fraction of sp³-hybridized carbons (Fsp3) is 0.286. The van der Waals surface area contributed by atoms with E-state index in [0.29, 0.717) is 31.7 Å². The first-order chi connectivity index (χ1) is 8.75. The van der Waals surface area contributed by atoms with Gasteiger partial charge in [-0.3, -0.25) is 9.59 Å². The molecule has 0 radical (unpaired) electrons. The Bertz CT molecular complexity index is 652. The van der Waals surface area contributed by atoms with Gasteiger partial charge < -0.3 is 4.90 Å². The number of hydrogen-bond acceptors (Lipinski definition) is 4. The number of carbonyl (C=O) groups excluding carboxylic acids is 1. The van der Waals surface area contributed by atoms with Crippen LogP contribution in [0.15, 0.2) is 34.4 Å². The third-order valence-corrected chi connectivity index (χ3v) is 4.27. The summed E-state index contributed by atoms with van der Waals surface area (Å²) >= 11 is 1.59. The summed E-state index contributed by atoms with van der Waals surface area (Å²) in [5, 5.41) is 2.69. The van der Waals surface area contributed by atoms with Crippen molar-refractivity contribution in [3.05, 3.63) is 39.9 Å². The fourth-order valence-corrected chi connectivity index (χ4v) is 3.22. The van der Waals surface area contributed by atoms with Gasteiger partial charge in [-0.25, -0.2) is 0 Å². The van der Waals surface area contributed by atoms with Crippen molar-refractivity contribution in [2.24, 2.45) is 0 Å². The van der Waals surface area contributed by atoms with Gasteiger partial charge in [0.2, 0.25) is 5.43 Å². The summed E-state index contributed by atoms with van der Waals surface area (Å²) in [6, 6.07) is 7.66. The number of benzene rings is 1. The Morgan fingerprint density at radius 3 is 2.56 bits per heavy atom. The highest BCUT2D eigenvalue weighted by atomic mass is 32.1. The van der Waals surface area contributed by atoms with Gasteiger partial charge in [0.25, 0.3) is 0 Å². The van der Waals surface area contributed by atoms with Gasteiger partial charge in [-0.1, -0.05) is 12.1 Å². The smallest absolute Gasteiger partial charge is 0.211 e. The highest BCUT2D eigenvalue weighted by Crippen LogP contribution is 2.22. The molecule has 1 aliphatic rings. The zero-order chi connectivity index (χ0) is 12.5. The van der Waals surface area contributed by atoms with Crippen LogP contribution in [-0.2, 0) is 4.79 Å². The molecule has 0 aliphatic carbocycles. The molecule has 0 atom stereocenters. The summed E-state index contributed by atoms with van der Waals surface area (Å²) in [5.74, 6) is 0.295. The largest absolute Gasteiger partial charge is 0.367 e. The highest BCUT2D eigenvalue weighted by molar-refractivity contribution is 7.16. The number of anilines is 1. The van der Waals surface area contributed by atoms with E-state index >= 15 is 0 Å². The lowest BCUT2D eigenvalue weighted by Crippen LogP contribution is -2.36. The molecule has 92 valence electrons. The van der Waals surface area contributed by atoms with E-state index in [1.165, 1.54) is 0 Å². The van der Waals surface area contributed by atoms with Gasteiger partial charge in [-0.05, 0) is 12.1 Å². The molecule has 0 spiro atoms. The molecule has 3 nitrogen and oxygen atoms in total. The minimum absolute atomic E-state index is 0.0821. The van der Waals surface area contributed by atoms with Crippen molar-refractivity contribution in [3.8, 4) is 0 Å². The molecule has 1 fully saturated rings. The number of ketones is 1. The van der Waals surface area contributed by atoms with Crippen LogP contribution >= 0.6 is 11.3 Å². The monoisotopic (exact) mass is 259 g/mol. The molecular weight excluding hydrogens is 246 g/mol. The van der Waals surface area contributed by atoms with Crippen molar-refractivity contribution >= 4 is 32.9 Å². The Hall–Kier alpha value is -1.68. The molecule has 18 heavy (non-hydrogen) atoms. The van der Waals surface area contributed by atoms with Crippen LogP contribution in [0.2, 0.25) is 0 Å². The maximum atomic E-state index is 12.4. The van der Waals surface area contributed by atoms with Crippen molar-refractivity contribution in [3.63, 3.8) is 0 Å². The SMILES string of the molecule is O=C1CCN(c2csc3ccccc3c2=O)CC1. The number of rotatable bonds is 1. The van der Waals surface area contributed by atoms with Crippen LogP contribution in [0.3, 0.4) is 0 Å². The molecule has 3 rings (SSSR count). The van der Waals surface area contributed by atoms with E-state index in [-0.39, 0.29) is 5.43 Å². The first kappa shape index (κ1) is 11.4. The quantitative estimate of drug-likeness (QED) is 0.789. The van der Waals surface area contributed by atoms with Crippen LogP contribution in [0.5, 0.6) is 0 Å². The summed E-state index contributed by atoms with van der Waals surface area (Å²) in [6.07, 6.45) is 1.11. The van der Waals surface area contributed by atoms with Gasteiger partial charge in [-0.2, -0.15) is 0 Å². The number of nitrogens with zero attached hydrogens (tertiary/aromatic N) is 1. The van der Waals surface area contributed by atoms with E-state index < -0.39 is 0 Å². The molecule has 2 heterocycles. The zero-order valence-electron chi connectivity index (χ0n) is 9.89. The van der Waals surface area contributed by atoms with Gasteiger partial charge in [-0.15, -0.1) is 11.3 Å². The van der Waals surface area contributed by atoms with Crippen molar-refractivity contribution < 1.29 is 4.79 Å². The van der Waals surface area contributed by atoms with Crippen LogP contribution in [0.1, 0.15) is 12.8 Å². The summed E-state index contributed by atoms with van der Waals surface area (Å²) in [7, 11) is 0. The van der Waals surface area contributed by atoms with Crippen molar-refractivity contribution in [2.45, 2.75) is 12.8 Å². The molecular formula is C14H13NO2S. The van der Waals surface area contributed by atoms with Gasteiger partial charge in [0.15, 0.2) is 0 Å². The van der Waals surface area contributed by atoms with Gasteiger partial charge >= 0.3 is 0 Å². The lowest BCUT2D eigenvalue weighted by Gasteiger charge is -2.27. The third kappa shape index (κ3) is 1.93. The zero-order valence-corrected chi connectivity index (χ0v) is 10.7. The maximum absolute atomic E-state index is 12.4. The fourth-order valence-electron chi connectivity index (χ4n) is 2.28. The van der Waals surface area contributed by atoms with Crippen LogP contribution in [0.25, 0.3) is 10.1 Å². The molecule has 1 aromatic carbocycles. The predicted octanol–water partition coefficient (Wildman–Crippen LogP) is 2.43. The third-order valence-electron chi connectivity index (χ3n) is 3.32. The summed E-state index contributed by atoms with van der Waals surface area (Å²) in [5.41, 5.74) is 0.824. The summed E-state index contributed by atoms with van der Waals surface area (Å²) in [6.45, 7) is 1.33. The number of hydrogen-bond donors (Lipinski definition) is 0. The molecule has 4 heteroatoms. The average molecular weight is 259 g/mol. The molecule has 0 unspecified atom stereocenters. The van der Waals surface area contributed by atoms with Crippen LogP contribution in [0, 0.1) is 0 Å². The Morgan fingerprint density at radius 1 is 1.06 bits per heavy atom. The molecule has 1 aromatic heterocycles. The van der Waals surface area contributed by atoms with Crippen LogP contribution in [0.4, 0.5) is 5.69 Å². The lowest BCUT2D eigenvalue weighted by molar-refractivity contribution is -0.119. The normalized spacial score (nSPS) is 16.2. The Morgan fingerprint density at radius 2 is 1.78 bits per heavy atom. The first-order valence-corrected chi connectivity index (χ1v) is 6.91. The second-order valence-corrected chi connectivity index (χ2v) is 5.38. The standard InChI is InChI=1S/C14H13NO2S/c16-10-5-7-15(8-6-10)12-9-18-13-4-2-1-3-11(13)14(12)17/h1-4,9H,5-8H2. The minimum atomic E-state index is 0.0821. The van der Waals surface area contributed by atoms with E-state index in [1.807, 2.05) is 34.5 Å². The maximum Gasteiger partial charge on any atom is 0.211 e. The van der Waals surface area contributed by atoms with Crippen LogP contribution in [-0.4, -0.2) is 18.9 Å². The average Bonchev–Trinajstić information content (AvgIpc) is 2.41. The van der Waals surface area contributed by atoms with Crippen LogP contribution < -0.4 is 10.3 Å². The molecule has 1 aliphatic heterocycles. The Labute approximate surface area is 109 Å².